The maximum atomic E-state index is 11.4. The number of halogens is 1. The summed E-state index contributed by atoms with van der Waals surface area (Å²) in [5, 5.41) is 2.93. The summed E-state index contributed by atoms with van der Waals surface area (Å²) in [6.07, 6.45) is 3.49. The molecule has 1 fully saturated rings. The Labute approximate surface area is 97.3 Å². The first-order valence-corrected chi connectivity index (χ1v) is 5.24. The van der Waals surface area contributed by atoms with Gasteiger partial charge in [0.1, 0.15) is 6.04 Å². The average Bonchev–Trinajstić information content (AvgIpc) is 2.84. The van der Waals surface area contributed by atoms with Gasteiger partial charge in [0.05, 0.1) is 6.61 Å². The molecule has 0 heterocycles. The van der Waals surface area contributed by atoms with Crippen LogP contribution in [0, 0.1) is 5.92 Å². The highest BCUT2D eigenvalue weighted by atomic mass is 35.5. The SMILES string of the molecule is CCCC1CC1NC(=O)C(N)COC.Cl. The topological polar surface area (TPSA) is 64.4 Å². The molecule has 0 bridgehead atoms. The number of rotatable bonds is 6. The van der Waals surface area contributed by atoms with Crippen LogP contribution >= 0.6 is 12.4 Å². The van der Waals surface area contributed by atoms with Gasteiger partial charge in [0.2, 0.25) is 5.91 Å². The first kappa shape index (κ1) is 14.7. The number of carbonyl (C=O) groups is 1. The minimum absolute atomic E-state index is 0. The predicted octanol–water partition coefficient (Wildman–Crippen LogP) is 0.687. The highest BCUT2D eigenvalue weighted by Gasteiger charge is 2.37. The van der Waals surface area contributed by atoms with E-state index in [-0.39, 0.29) is 24.9 Å². The van der Waals surface area contributed by atoms with Crippen LogP contribution in [-0.4, -0.2) is 31.7 Å². The van der Waals surface area contributed by atoms with Crippen LogP contribution in [0.3, 0.4) is 0 Å². The van der Waals surface area contributed by atoms with Crippen LogP contribution < -0.4 is 11.1 Å². The van der Waals surface area contributed by atoms with E-state index in [0.29, 0.717) is 12.0 Å². The average molecular weight is 237 g/mol. The Morgan fingerprint density at radius 3 is 2.87 bits per heavy atom. The second kappa shape index (κ2) is 7.04. The van der Waals surface area contributed by atoms with Gasteiger partial charge in [0.15, 0.2) is 0 Å². The van der Waals surface area contributed by atoms with Gasteiger partial charge in [-0.25, -0.2) is 0 Å². The van der Waals surface area contributed by atoms with Crippen molar-refractivity contribution < 1.29 is 9.53 Å². The predicted molar refractivity (Wildman–Crippen MR) is 62.0 cm³/mol. The van der Waals surface area contributed by atoms with Crippen molar-refractivity contribution in [3.8, 4) is 0 Å². The third-order valence-electron chi connectivity index (χ3n) is 2.59. The maximum absolute atomic E-state index is 11.4. The van der Waals surface area contributed by atoms with E-state index >= 15 is 0 Å². The van der Waals surface area contributed by atoms with Crippen LogP contribution in [0.5, 0.6) is 0 Å². The fourth-order valence-electron chi connectivity index (χ4n) is 1.66. The number of hydrogen-bond acceptors (Lipinski definition) is 3. The second-order valence-electron chi connectivity index (χ2n) is 3.96. The quantitative estimate of drug-likeness (QED) is 0.713. The Kier molecular flexibility index (Phi) is 6.89. The fraction of sp³-hybridized carbons (Fsp3) is 0.900. The van der Waals surface area contributed by atoms with Crippen molar-refractivity contribution in [3.63, 3.8) is 0 Å². The molecule has 1 aliphatic carbocycles. The van der Waals surface area contributed by atoms with Crippen molar-refractivity contribution in [1.82, 2.24) is 5.32 Å². The maximum Gasteiger partial charge on any atom is 0.239 e. The summed E-state index contributed by atoms with van der Waals surface area (Å²) in [4.78, 5) is 11.4. The summed E-state index contributed by atoms with van der Waals surface area (Å²) in [6.45, 7) is 2.45. The lowest BCUT2D eigenvalue weighted by Crippen LogP contribution is -2.44. The molecule has 3 N–H and O–H groups in total. The molecule has 0 saturated heterocycles. The van der Waals surface area contributed by atoms with Crippen molar-refractivity contribution in [2.24, 2.45) is 11.7 Å². The van der Waals surface area contributed by atoms with Gasteiger partial charge >= 0.3 is 0 Å². The van der Waals surface area contributed by atoms with Crippen LogP contribution in [0.25, 0.3) is 0 Å². The normalized spacial score (nSPS) is 25.3. The highest BCUT2D eigenvalue weighted by molar-refractivity contribution is 5.85. The van der Waals surface area contributed by atoms with Gasteiger partial charge in [0.25, 0.3) is 0 Å². The molecular formula is C10H21ClN2O2. The molecule has 5 heteroatoms. The van der Waals surface area contributed by atoms with Crippen molar-refractivity contribution >= 4 is 18.3 Å². The zero-order valence-corrected chi connectivity index (χ0v) is 10.2. The lowest BCUT2D eigenvalue weighted by molar-refractivity contribution is -0.123. The van der Waals surface area contributed by atoms with Crippen molar-refractivity contribution in [2.75, 3.05) is 13.7 Å². The highest BCUT2D eigenvalue weighted by Crippen LogP contribution is 2.34. The van der Waals surface area contributed by atoms with Crippen molar-refractivity contribution in [1.29, 1.82) is 0 Å². The molecule has 1 saturated carbocycles. The van der Waals surface area contributed by atoms with E-state index in [4.69, 9.17) is 10.5 Å². The Balaban J connectivity index is 0.00000196. The number of nitrogens with two attached hydrogens (primary N) is 1. The smallest absolute Gasteiger partial charge is 0.239 e. The monoisotopic (exact) mass is 236 g/mol. The molecule has 3 unspecified atom stereocenters. The van der Waals surface area contributed by atoms with E-state index in [2.05, 4.69) is 12.2 Å². The van der Waals surface area contributed by atoms with E-state index in [9.17, 15) is 4.79 Å². The number of amides is 1. The summed E-state index contributed by atoms with van der Waals surface area (Å²) in [6, 6.07) is -0.159. The zero-order valence-electron chi connectivity index (χ0n) is 9.36. The summed E-state index contributed by atoms with van der Waals surface area (Å²) in [5.41, 5.74) is 5.59. The van der Waals surface area contributed by atoms with Gasteiger partial charge in [-0.15, -0.1) is 12.4 Å². The van der Waals surface area contributed by atoms with Gasteiger partial charge in [-0.05, 0) is 18.8 Å². The van der Waals surface area contributed by atoms with Gasteiger partial charge in [-0.3, -0.25) is 4.79 Å². The van der Waals surface area contributed by atoms with Crippen LogP contribution in [-0.2, 0) is 9.53 Å². The molecule has 1 aliphatic rings. The molecule has 0 aromatic rings. The summed E-state index contributed by atoms with van der Waals surface area (Å²) in [5.74, 6) is 0.592. The Hall–Kier alpha value is -0.320. The van der Waals surface area contributed by atoms with Crippen molar-refractivity contribution in [2.45, 2.75) is 38.3 Å². The van der Waals surface area contributed by atoms with Gasteiger partial charge in [-0.2, -0.15) is 0 Å². The largest absolute Gasteiger partial charge is 0.383 e. The number of carbonyl (C=O) groups excluding carboxylic acids is 1. The number of methoxy groups -OCH3 is 1. The van der Waals surface area contributed by atoms with E-state index < -0.39 is 6.04 Å². The minimum atomic E-state index is -0.525. The summed E-state index contributed by atoms with van der Waals surface area (Å²) < 4.78 is 4.82. The van der Waals surface area contributed by atoms with Crippen LogP contribution in [0.15, 0.2) is 0 Å². The Morgan fingerprint density at radius 2 is 2.33 bits per heavy atom. The van der Waals surface area contributed by atoms with Crippen molar-refractivity contribution in [3.05, 3.63) is 0 Å². The summed E-state index contributed by atoms with van der Waals surface area (Å²) >= 11 is 0. The van der Waals surface area contributed by atoms with E-state index in [1.165, 1.54) is 12.8 Å². The molecule has 15 heavy (non-hydrogen) atoms. The van der Waals surface area contributed by atoms with E-state index in [1.807, 2.05) is 0 Å². The Morgan fingerprint density at radius 1 is 1.67 bits per heavy atom. The Bertz CT molecular complexity index is 202. The third-order valence-corrected chi connectivity index (χ3v) is 2.59. The molecular weight excluding hydrogens is 216 g/mol. The molecule has 0 radical (unpaired) electrons. The molecule has 0 aromatic heterocycles. The molecule has 3 atom stereocenters. The summed E-state index contributed by atoms with van der Waals surface area (Å²) in [7, 11) is 1.55. The lowest BCUT2D eigenvalue weighted by atomic mass is 10.2. The molecule has 90 valence electrons. The number of ether oxygens (including phenoxy) is 1. The molecule has 1 amide bonds. The van der Waals surface area contributed by atoms with Crippen LogP contribution in [0.4, 0.5) is 0 Å². The first-order chi connectivity index (χ1) is 6.69. The molecule has 1 rings (SSSR count). The van der Waals surface area contributed by atoms with Crippen LogP contribution in [0.1, 0.15) is 26.2 Å². The van der Waals surface area contributed by atoms with E-state index in [1.54, 1.807) is 7.11 Å². The molecule has 0 aromatic carbocycles. The first-order valence-electron chi connectivity index (χ1n) is 5.24. The molecule has 0 aliphatic heterocycles. The third kappa shape index (κ3) is 4.82. The zero-order chi connectivity index (χ0) is 10.6. The number of hydrogen-bond donors (Lipinski definition) is 2. The second-order valence-corrected chi connectivity index (χ2v) is 3.96. The van der Waals surface area contributed by atoms with E-state index in [0.717, 1.165) is 6.42 Å². The standard InChI is InChI=1S/C10H20N2O2.ClH/c1-3-4-7-5-9(7)12-10(13)8(11)6-14-2;/h7-9H,3-6,11H2,1-2H3,(H,12,13);1H. The number of nitrogens with one attached hydrogen (secondary N) is 1. The van der Waals surface area contributed by atoms with Gasteiger partial charge < -0.3 is 15.8 Å². The van der Waals surface area contributed by atoms with Gasteiger partial charge in [-0.1, -0.05) is 13.3 Å². The fourth-order valence-corrected chi connectivity index (χ4v) is 1.66. The minimum Gasteiger partial charge on any atom is -0.383 e. The van der Waals surface area contributed by atoms with Gasteiger partial charge in [0, 0.05) is 13.2 Å². The molecule has 4 nitrogen and oxygen atoms in total. The molecule has 0 spiro atoms. The lowest BCUT2D eigenvalue weighted by Gasteiger charge is -2.10. The van der Waals surface area contributed by atoms with Crippen LogP contribution in [0.2, 0.25) is 0 Å².